The van der Waals surface area contributed by atoms with E-state index in [-0.39, 0.29) is 29.5 Å². The van der Waals surface area contributed by atoms with Crippen molar-refractivity contribution in [2.45, 2.75) is 31.2 Å². The highest BCUT2D eigenvalue weighted by molar-refractivity contribution is 7.92. The zero-order chi connectivity index (χ0) is 20.2. The third kappa shape index (κ3) is 4.62. The van der Waals surface area contributed by atoms with Gasteiger partial charge in [-0.05, 0) is 49.6 Å². The summed E-state index contributed by atoms with van der Waals surface area (Å²) in [7, 11) is -7.38. The topological polar surface area (TPSA) is 106 Å². The van der Waals surface area contributed by atoms with Gasteiger partial charge in [0, 0.05) is 25.5 Å². The van der Waals surface area contributed by atoms with Crippen molar-refractivity contribution in [3.63, 3.8) is 0 Å². The molecule has 0 amide bonds. The van der Waals surface area contributed by atoms with Gasteiger partial charge in [-0.25, -0.2) is 21.6 Å². The first-order valence-corrected chi connectivity index (χ1v) is 12.1. The van der Waals surface area contributed by atoms with Crippen molar-refractivity contribution in [1.29, 1.82) is 0 Å². The Morgan fingerprint density at radius 2 is 2.07 bits per heavy atom. The van der Waals surface area contributed by atoms with E-state index >= 15 is 0 Å². The molecule has 1 fully saturated rings. The Morgan fingerprint density at radius 1 is 1.25 bits per heavy atom. The van der Waals surface area contributed by atoms with Crippen LogP contribution in [0.4, 0.5) is 5.69 Å². The van der Waals surface area contributed by atoms with Crippen LogP contribution < -0.4 is 13.8 Å². The van der Waals surface area contributed by atoms with Crippen molar-refractivity contribution in [3.8, 4) is 5.75 Å². The normalized spacial score (nSPS) is 16.7. The number of pyridine rings is 1. The highest BCUT2D eigenvalue weighted by atomic mass is 32.2. The van der Waals surface area contributed by atoms with Crippen molar-refractivity contribution in [2.75, 3.05) is 23.2 Å². The highest BCUT2D eigenvalue weighted by Crippen LogP contribution is 2.32. The van der Waals surface area contributed by atoms with Crippen LogP contribution in [0.3, 0.4) is 0 Å². The Bertz CT molecular complexity index is 1020. The third-order valence-corrected chi connectivity index (χ3v) is 7.63. The van der Waals surface area contributed by atoms with Gasteiger partial charge in [0.25, 0.3) is 0 Å². The summed E-state index contributed by atoms with van der Waals surface area (Å²) >= 11 is 0. The predicted molar refractivity (Wildman–Crippen MR) is 106 cm³/mol. The third-order valence-electron chi connectivity index (χ3n) is 4.34. The van der Waals surface area contributed by atoms with Gasteiger partial charge in [-0.3, -0.25) is 9.29 Å². The van der Waals surface area contributed by atoms with Crippen LogP contribution in [0.25, 0.3) is 0 Å². The number of benzene rings is 1. The Balaban J connectivity index is 1.95. The van der Waals surface area contributed by atoms with Crippen molar-refractivity contribution in [1.82, 2.24) is 9.71 Å². The Kier molecular flexibility index (Phi) is 6.21. The lowest BCUT2D eigenvalue weighted by Gasteiger charge is -2.28. The van der Waals surface area contributed by atoms with Crippen LogP contribution in [-0.2, 0) is 26.6 Å². The molecule has 1 saturated heterocycles. The standard InChI is InChI=1S/C18H23N3O5S2/c1-2-26-17-8-7-16(21-10-3-4-11-27(21,22)23)12-18(17)28(24,25)20-14-15-6-5-9-19-13-15/h5-9,12-13,20H,2-4,10-11,14H2,1H3. The number of rotatable bonds is 7. The van der Waals surface area contributed by atoms with Gasteiger partial charge in [0.05, 0.1) is 18.0 Å². The summed E-state index contributed by atoms with van der Waals surface area (Å²) in [4.78, 5) is 3.88. The molecular weight excluding hydrogens is 402 g/mol. The molecule has 0 aliphatic carbocycles. The van der Waals surface area contributed by atoms with Crippen LogP contribution in [0, 0.1) is 0 Å². The molecule has 1 aliphatic rings. The molecule has 1 aromatic heterocycles. The quantitative estimate of drug-likeness (QED) is 0.726. The SMILES string of the molecule is CCOc1ccc(N2CCCCS2(=O)=O)cc1S(=O)(=O)NCc1cccnc1. The van der Waals surface area contributed by atoms with Crippen molar-refractivity contribution in [2.24, 2.45) is 0 Å². The average molecular weight is 426 g/mol. The monoisotopic (exact) mass is 425 g/mol. The van der Waals surface area contributed by atoms with Gasteiger partial charge in [-0.15, -0.1) is 0 Å². The van der Waals surface area contributed by atoms with E-state index in [4.69, 9.17) is 4.74 Å². The van der Waals surface area contributed by atoms with Gasteiger partial charge in [0.2, 0.25) is 20.0 Å². The van der Waals surface area contributed by atoms with Gasteiger partial charge in [-0.2, -0.15) is 0 Å². The van der Waals surface area contributed by atoms with E-state index in [9.17, 15) is 16.8 Å². The molecule has 0 bridgehead atoms. The second-order valence-electron chi connectivity index (χ2n) is 6.35. The summed E-state index contributed by atoms with van der Waals surface area (Å²) in [5.41, 5.74) is 1.03. The molecule has 0 unspecified atom stereocenters. The smallest absolute Gasteiger partial charge is 0.244 e. The van der Waals surface area contributed by atoms with E-state index in [2.05, 4.69) is 9.71 Å². The fourth-order valence-electron chi connectivity index (χ4n) is 2.97. The maximum absolute atomic E-state index is 12.9. The van der Waals surface area contributed by atoms with Crippen LogP contribution in [0.15, 0.2) is 47.6 Å². The minimum atomic E-state index is -3.93. The average Bonchev–Trinajstić information content (AvgIpc) is 2.68. The molecule has 8 nitrogen and oxygen atoms in total. The lowest BCUT2D eigenvalue weighted by atomic mass is 10.2. The number of anilines is 1. The van der Waals surface area contributed by atoms with E-state index in [1.807, 2.05) is 0 Å². The second kappa shape index (κ2) is 8.46. The molecular formula is C18H23N3O5S2. The summed E-state index contributed by atoms with van der Waals surface area (Å²) in [5.74, 6) is 0.237. The molecule has 3 rings (SSSR count). The van der Waals surface area contributed by atoms with Gasteiger partial charge in [0.1, 0.15) is 10.6 Å². The zero-order valence-corrected chi connectivity index (χ0v) is 17.2. The largest absolute Gasteiger partial charge is 0.492 e. The molecule has 28 heavy (non-hydrogen) atoms. The summed E-state index contributed by atoms with van der Waals surface area (Å²) in [6.45, 7) is 2.43. The zero-order valence-electron chi connectivity index (χ0n) is 15.5. The molecule has 0 saturated carbocycles. The maximum Gasteiger partial charge on any atom is 0.244 e. The number of ether oxygens (including phenoxy) is 1. The maximum atomic E-state index is 12.9. The summed E-state index contributed by atoms with van der Waals surface area (Å²) in [6, 6.07) is 7.92. The molecule has 2 aromatic rings. The molecule has 0 atom stereocenters. The van der Waals surface area contributed by atoms with Crippen LogP contribution >= 0.6 is 0 Å². The fourth-order valence-corrected chi connectivity index (χ4v) is 5.79. The van der Waals surface area contributed by atoms with Crippen LogP contribution in [0.2, 0.25) is 0 Å². The van der Waals surface area contributed by atoms with E-state index in [1.165, 1.54) is 16.4 Å². The van der Waals surface area contributed by atoms with Gasteiger partial charge in [-0.1, -0.05) is 6.07 Å². The fraction of sp³-hybridized carbons (Fsp3) is 0.389. The number of aromatic nitrogens is 1. The van der Waals surface area contributed by atoms with E-state index < -0.39 is 20.0 Å². The Morgan fingerprint density at radius 3 is 2.75 bits per heavy atom. The molecule has 1 N–H and O–H groups in total. The van der Waals surface area contributed by atoms with Crippen molar-refractivity contribution >= 4 is 25.7 Å². The summed E-state index contributed by atoms with van der Waals surface area (Å²) < 4.78 is 59.9. The van der Waals surface area contributed by atoms with E-state index in [1.54, 1.807) is 37.5 Å². The second-order valence-corrected chi connectivity index (χ2v) is 10.1. The first kappa shape index (κ1) is 20.6. The van der Waals surface area contributed by atoms with E-state index in [0.717, 1.165) is 6.42 Å². The number of nitrogens with zero attached hydrogens (tertiary/aromatic N) is 2. The van der Waals surface area contributed by atoms with Gasteiger partial charge < -0.3 is 4.74 Å². The molecule has 1 aliphatic heterocycles. The lowest BCUT2D eigenvalue weighted by Crippen LogP contribution is -2.38. The van der Waals surface area contributed by atoms with Crippen LogP contribution in [0.1, 0.15) is 25.3 Å². The van der Waals surface area contributed by atoms with Gasteiger partial charge in [0.15, 0.2) is 0 Å². The van der Waals surface area contributed by atoms with Crippen LogP contribution in [-0.4, -0.2) is 40.7 Å². The summed E-state index contributed by atoms with van der Waals surface area (Å²) in [6.07, 6.45) is 4.51. The highest BCUT2D eigenvalue weighted by Gasteiger charge is 2.28. The first-order valence-electron chi connectivity index (χ1n) is 8.99. The number of nitrogens with one attached hydrogen (secondary N) is 1. The summed E-state index contributed by atoms with van der Waals surface area (Å²) in [5, 5.41) is 0. The van der Waals surface area contributed by atoms with Crippen LogP contribution in [0.5, 0.6) is 5.75 Å². The number of hydrogen-bond donors (Lipinski definition) is 1. The van der Waals surface area contributed by atoms with Crippen molar-refractivity contribution < 1.29 is 21.6 Å². The molecule has 0 radical (unpaired) electrons. The Hall–Kier alpha value is -2.17. The molecule has 0 spiro atoms. The van der Waals surface area contributed by atoms with Gasteiger partial charge >= 0.3 is 0 Å². The minimum absolute atomic E-state index is 0.0571. The molecule has 2 heterocycles. The molecule has 152 valence electrons. The molecule has 10 heteroatoms. The van der Waals surface area contributed by atoms with E-state index in [0.29, 0.717) is 24.2 Å². The Labute approximate surface area is 165 Å². The number of hydrogen-bond acceptors (Lipinski definition) is 6. The lowest BCUT2D eigenvalue weighted by molar-refractivity contribution is 0.331. The first-order chi connectivity index (χ1) is 13.3. The number of sulfonamides is 2. The minimum Gasteiger partial charge on any atom is -0.492 e. The predicted octanol–water partition coefficient (Wildman–Crippen LogP) is 1.89. The van der Waals surface area contributed by atoms with Crippen molar-refractivity contribution in [3.05, 3.63) is 48.3 Å². The molecule has 1 aromatic carbocycles.